The minimum Gasteiger partial charge on any atom is -0.366 e. The van der Waals surface area contributed by atoms with Crippen LogP contribution >= 0.6 is 37.2 Å². The summed E-state index contributed by atoms with van der Waals surface area (Å²) >= 11 is 0. The molecule has 0 aromatic heterocycles. The predicted molar refractivity (Wildman–Crippen MR) is 65.2 cm³/mol. The third-order valence-corrected chi connectivity index (χ3v) is 1.46. The lowest BCUT2D eigenvalue weighted by molar-refractivity contribution is 0.0967. The summed E-state index contributed by atoms with van der Waals surface area (Å²) in [7, 11) is 0. The molecule has 86 valence electrons. The maximum atomic E-state index is 10.7. The fraction of sp³-hybridized carbons (Fsp3) is 0. The molecule has 0 bridgehead atoms. The second-order valence-electron chi connectivity index (χ2n) is 2.27. The van der Waals surface area contributed by atoms with Crippen LogP contribution in [0.1, 0.15) is 20.7 Å². The highest BCUT2D eigenvalue weighted by molar-refractivity contribution is 6.06. The van der Waals surface area contributed by atoms with Crippen LogP contribution in [-0.2, 0) is 0 Å². The molecule has 4 N–H and O–H groups in total. The molecular weight excluding hydrogens is 262 g/mol. The van der Waals surface area contributed by atoms with Crippen LogP contribution in [0.25, 0.3) is 0 Å². The fourth-order valence-corrected chi connectivity index (χ4v) is 0.913. The number of halogens is 3. The van der Waals surface area contributed by atoms with Gasteiger partial charge in [0.2, 0.25) is 11.8 Å². The topological polar surface area (TPSA) is 86.2 Å². The Hall–Kier alpha value is -0.970. The molecule has 0 aliphatic rings. The summed E-state index contributed by atoms with van der Waals surface area (Å²) in [6.07, 6.45) is 0. The molecule has 4 nitrogen and oxygen atoms in total. The molecule has 1 aromatic rings. The molecule has 0 heterocycles. The number of hydrogen-bond acceptors (Lipinski definition) is 2. The number of hydrogen-bond donors (Lipinski definition) is 2. The Bertz CT molecular complexity index is 311. The Morgan fingerprint density at radius 1 is 0.800 bits per heavy atom. The van der Waals surface area contributed by atoms with E-state index in [1.165, 1.54) is 12.1 Å². The Morgan fingerprint density at radius 2 is 1.07 bits per heavy atom. The smallest absolute Gasteiger partial charge is 0.249 e. The second kappa shape index (κ2) is 8.35. The Labute approximate surface area is 106 Å². The SMILES string of the molecule is Cl.Cl.Cl.NC(=O)c1ccccc1C(N)=O. The number of rotatable bonds is 2. The van der Waals surface area contributed by atoms with Gasteiger partial charge in [-0.2, -0.15) is 0 Å². The van der Waals surface area contributed by atoms with Crippen molar-refractivity contribution >= 4 is 49.0 Å². The first kappa shape index (κ1) is 19.6. The van der Waals surface area contributed by atoms with E-state index in [1.54, 1.807) is 12.1 Å². The molecule has 0 spiro atoms. The van der Waals surface area contributed by atoms with Crippen molar-refractivity contribution in [2.45, 2.75) is 0 Å². The van der Waals surface area contributed by atoms with Crippen LogP contribution in [-0.4, -0.2) is 11.8 Å². The lowest BCUT2D eigenvalue weighted by atomic mass is 10.1. The van der Waals surface area contributed by atoms with Crippen molar-refractivity contribution in [2.75, 3.05) is 0 Å². The van der Waals surface area contributed by atoms with E-state index in [1.807, 2.05) is 0 Å². The fourth-order valence-electron chi connectivity index (χ4n) is 0.913. The standard InChI is InChI=1S/C8H8N2O2.3ClH/c9-7(11)5-3-1-2-4-6(5)8(10)12;;;/h1-4H,(H2,9,11)(H2,10,12);3*1H. The molecule has 0 atom stereocenters. The summed E-state index contributed by atoms with van der Waals surface area (Å²) in [5, 5.41) is 0. The molecule has 0 unspecified atom stereocenters. The molecule has 1 aromatic carbocycles. The molecule has 0 saturated carbocycles. The normalized spacial score (nSPS) is 7.47. The molecule has 0 saturated heterocycles. The Kier molecular flexibility index (Phi) is 10.9. The summed E-state index contributed by atoms with van der Waals surface area (Å²) in [6, 6.07) is 6.16. The highest BCUT2D eigenvalue weighted by Gasteiger charge is 2.10. The van der Waals surface area contributed by atoms with Crippen LogP contribution in [0.15, 0.2) is 24.3 Å². The first-order chi connectivity index (χ1) is 5.63. The number of nitrogens with two attached hydrogens (primary N) is 2. The predicted octanol–water partition coefficient (Wildman–Crippen LogP) is 1.15. The van der Waals surface area contributed by atoms with Crippen molar-refractivity contribution in [1.29, 1.82) is 0 Å². The largest absolute Gasteiger partial charge is 0.366 e. The average molecular weight is 274 g/mol. The summed E-state index contributed by atoms with van der Waals surface area (Å²) in [5.41, 5.74) is 10.3. The quantitative estimate of drug-likeness (QED) is 0.847. The minimum atomic E-state index is -0.649. The number of amides is 2. The van der Waals surface area contributed by atoms with Gasteiger partial charge in [-0.25, -0.2) is 0 Å². The third-order valence-electron chi connectivity index (χ3n) is 1.46. The average Bonchev–Trinajstić information content (AvgIpc) is 2.04. The van der Waals surface area contributed by atoms with Gasteiger partial charge < -0.3 is 11.5 Å². The van der Waals surface area contributed by atoms with Crippen molar-refractivity contribution in [3.8, 4) is 0 Å². The highest BCUT2D eigenvalue weighted by Crippen LogP contribution is 2.06. The van der Waals surface area contributed by atoms with Crippen molar-refractivity contribution in [3.05, 3.63) is 35.4 Å². The molecule has 7 heteroatoms. The Morgan fingerprint density at radius 3 is 1.27 bits per heavy atom. The van der Waals surface area contributed by atoms with E-state index in [0.29, 0.717) is 0 Å². The van der Waals surface area contributed by atoms with Crippen LogP contribution in [0.5, 0.6) is 0 Å². The third kappa shape index (κ3) is 4.88. The van der Waals surface area contributed by atoms with Gasteiger partial charge in [0.1, 0.15) is 0 Å². The maximum Gasteiger partial charge on any atom is 0.249 e. The maximum absolute atomic E-state index is 10.7. The molecule has 2 amide bonds. The van der Waals surface area contributed by atoms with Crippen molar-refractivity contribution < 1.29 is 9.59 Å². The van der Waals surface area contributed by atoms with Gasteiger partial charge in [0.25, 0.3) is 0 Å². The van der Waals surface area contributed by atoms with Gasteiger partial charge in [-0.3, -0.25) is 9.59 Å². The lowest BCUT2D eigenvalue weighted by Gasteiger charge is -2.00. The van der Waals surface area contributed by atoms with E-state index in [4.69, 9.17) is 11.5 Å². The summed E-state index contributed by atoms with van der Waals surface area (Å²) in [6.45, 7) is 0. The van der Waals surface area contributed by atoms with Gasteiger partial charge in [0, 0.05) is 0 Å². The summed E-state index contributed by atoms with van der Waals surface area (Å²) in [4.78, 5) is 21.5. The van der Waals surface area contributed by atoms with Crippen LogP contribution in [0.2, 0.25) is 0 Å². The van der Waals surface area contributed by atoms with Gasteiger partial charge in [-0.15, -0.1) is 37.2 Å². The lowest BCUT2D eigenvalue weighted by Crippen LogP contribution is -2.20. The molecule has 0 aliphatic carbocycles. The molecular formula is C8H11Cl3N2O2. The van der Waals surface area contributed by atoms with Crippen molar-refractivity contribution in [3.63, 3.8) is 0 Å². The monoisotopic (exact) mass is 272 g/mol. The van der Waals surface area contributed by atoms with Crippen LogP contribution in [0.3, 0.4) is 0 Å². The second-order valence-corrected chi connectivity index (χ2v) is 2.27. The van der Waals surface area contributed by atoms with Crippen LogP contribution in [0.4, 0.5) is 0 Å². The number of carbonyl (C=O) groups is 2. The van der Waals surface area contributed by atoms with Gasteiger partial charge in [-0.05, 0) is 12.1 Å². The van der Waals surface area contributed by atoms with Gasteiger partial charge in [0.05, 0.1) is 11.1 Å². The van der Waals surface area contributed by atoms with E-state index < -0.39 is 11.8 Å². The number of carbonyl (C=O) groups excluding carboxylic acids is 2. The van der Waals surface area contributed by atoms with Gasteiger partial charge in [-0.1, -0.05) is 12.1 Å². The molecule has 1 rings (SSSR count). The molecule has 0 fully saturated rings. The van der Waals surface area contributed by atoms with Gasteiger partial charge in [0.15, 0.2) is 0 Å². The van der Waals surface area contributed by atoms with E-state index >= 15 is 0 Å². The summed E-state index contributed by atoms with van der Waals surface area (Å²) < 4.78 is 0. The van der Waals surface area contributed by atoms with E-state index in [0.717, 1.165) is 0 Å². The zero-order chi connectivity index (χ0) is 9.14. The van der Waals surface area contributed by atoms with Crippen molar-refractivity contribution in [1.82, 2.24) is 0 Å². The first-order valence-corrected chi connectivity index (χ1v) is 3.31. The Balaban J connectivity index is -0.000000480. The zero-order valence-electron chi connectivity index (χ0n) is 7.51. The summed E-state index contributed by atoms with van der Waals surface area (Å²) in [5.74, 6) is -1.30. The van der Waals surface area contributed by atoms with E-state index in [-0.39, 0.29) is 48.3 Å². The molecule has 15 heavy (non-hydrogen) atoms. The molecule has 0 aliphatic heterocycles. The zero-order valence-corrected chi connectivity index (χ0v) is 9.95. The van der Waals surface area contributed by atoms with Crippen LogP contribution in [0, 0.1) is 0 Å². The highest BCUT2D eigenvalue weighted by atomic mass is 35.5. The minimum absolute atomic E-state index is 0. The van der Waals surface area contributed by atoms with Gasteiger partial charge >= 0.3 is 0 Å². The first-order valence-electron chi connectivity index (χ1n) is 3.31. The van der Waals surface area contributed by atoms with Crippen LogP contribution < -0.4 is 11.5 Å². The van der Waals surface area contributed by atoms with Crippen molar-refractivity contribution in [2.24, 2.45) is 11.5 Å². The number of primary amides is 2. The molecule has 0 radical (unpaired) electrons. The van der Waals surface area contributed by atoms with E-state index in [9.17, 15) is 9.59 Å². The number of benzene rings is 1. The van der Waals surface area contributed by atoms with E-state index in [2.05, 4.69) is 0 Å².